The number of nitrogens with two attached hydrogens (primary N) is 1. The smallest absolute Gasteiger partial charge is 0.221 e. The predicted molar refractivity (Wildman–Crippen MR) is 99.8 cm³/mol. The summed E-state index contributed by atoms with van der Waals surface area (Å²) in [4.78, 5) is 18.8. The summed E-state index contributed by atoms with van der Waals surface area (Å²) in [5.74, 6) is -0.646. The molecule has 128 valence electrons. The summed E-state index contributed by atoms with van der Waals surface area (Å²) < 4.78 is 13.5. The third kappa shape index (κ3) is 3.07. The first kappa shape index (κ1) is 16.0. The first-order chi connectivity index (χ1) is 12.6. The monoisotopic (exact) mass is 345 g/mol. The maximum Gasteiger partial charge on any atom is 0.221 e. The molecule has 4 aromatic rings. The van der Waals surface area contributed by atoms with Crippen molar-refractivity contribution >= 4 is 16.9 Å². The summed E-state index contributed by atoms with van der Waals surface area (Å²) in [6.07, 6.45) is 3.81. The van der Waals surface area contributed by atoms with Crippen molar-refractivity contribution < 1.29 is 9.18 Å². The van der Waals surface area contributed by atoms with Crippen LogP contribution in [0.25, 0.3) is 33.3 Å². The second-order valence-corrected chi connectivity index (χ2v) is 6.18. The maximum absolute atomic E-state index is 13.5. The second-order valence-electron chi connectivity index (χ2n) is 6.18. The van der Waals surface area contributed by atoms with Gasteiger partial charge in [-0.2, -0.15) is 0 Å². The molecule has 0 atom stereocenters. The van der Waals surface area contributed by atoms with Gasteiger partial charge in [-0.15, -0.1) is 0 Å². The molecule has 0 spiro atoms. The fourth-order valence-corrected chi connectivity index (χ4v) is 3.12. The lowest BCUT2D eigenvalue weighted by Gasteiger charge is -2.05. The molecule has 26 heavy (non-hydrogen) atoms. The Labute approximate surface area is 149 Å². The number of pyridine rings is 1. The molecular formula is C21H16FN3O. The number of halogens is 1. The van der Waals surface area contributed by atoms with Crippen LogP contribution in [0.2, 0.25) is 0 Å². The summed E-state index contributed by atoms with van der Waals surface area (Å²) >= 11 is 0. The van der Waals surface area contributed by atoms with E-state index in [0.717, 1.165) is 38.9 Å². The van der Waals surface area contributed by atoms with E-state index in [1.807, 2.05) is 42.6 Å². The third-order valence-electron chi connectivity index (χ3n) is 4.31. The quantitative estimate of drug-likeness (QED) is 0.585. The Balaban J connectivity index is 1.81. The molecule has 0 aliphatic heterocycles. The SMILES string of the molecule is NC(=O)Cc1cccc(-c2c[nH]c3ncc(-c4cccc(F)c4)cc23)c1. The Bertz CT molecular complexity index is 1120. The average molecular weight is 345 g/mol. The number of nitrogens with one attached hydrogen (secondary N) is 1. The van der Waals surface area contributed by atoms with Crippen LogP contribution < -0.4 is 5.73 Å². The molecular weight excluding hydrogens is 329 g/mol. The summed E-state index contributed by atoms with van der Waals surface area (Å²) in [5.41, 5.74) is 10.5. The second kappa shape index (κ2) is 6.44. The topological polar surface area (TPSA) is 71.8 Å². The number of rotatable bonds is 4. The number of amides is 1. The highest BCUT2D eigenvalue weighted by Gasteiger charge is 2.10. The van der Waals surface area contributed by atoms with Gasteiger partial charge in [0.1, 0.15) is 11.5 Å². The number of fused-ring (bicyclic) bond motifs is 1. The molecule has 0 unspecified atom stereocenters. The number of carbonyl (C=O) groups excluding carboxylic acids is 1. The van der Waals surface area contributed by atoms with Crippen molar-refractivity contribution in [3.8, 4) is 22.3 Å². The van der Waals surface area contributed by atoms with Crippen LogP contribution in [0.15, 0.2) is 67.0 Å². The number of hydrogen-bond acceptors (Lipinski definition) is 2. The normalized spacial score (nSPS) is 11.0. The number of benzene rings is 2. The lowest BCUT2D eigenvalue weighted by molar-refractivity contribution is -0.117. The zero-order valence-electron chi connectivity index (χ0n) is 13.9. The minimum Gasteiger partial charge on any atom is -0.369 e. The molecule has 0 radical (unpaired) electrons. The van der Waals surface area contributed by atoms with Crippen LogP contribution in [0.4, 0.5) is 4.39 Å². The van der Waals surface area contributed by atoms with Crippen LogP contribution in [0.3, 0.4) is 0 Å². The number of hydrogen-bond donors (Lipinski definition) is 2. The highest BCUT2D eigenvalue weighted by atomic mass is 19.1. The molecule has 4 nitrogen and oxygen atoms in total. The molecule has 0 aliphatic carbocycles. The molecule has 0 aliphatic rings. The van der Waals surface area contributed by atoms with E-state index in [2.05, 4.69) is 9.97 Å². The first-order valence-electron chi connectivity index (χ1n) is 8.21. The van der Waals surface area contributed by atoms with Gasteiger partial charge in [0, 0.05) is 28.9 Å². The number of aromatic nitrogens is 2. The van der Waals surface area contributed by atoms with Crippen molar-refractivity contribution in [1.82, 2.24) is 9.97 Å². The van der Waals surface area contributed by atoms with E-state index in [0.29, 0.717) is 0 Å². The van der Waals surface area contributed by atoms with E-state index in [4.69, 9.17) is 5.73 Å². The lowest BCUT2D eigenvalue weighted by Crippen LogP contribution is -2.13. The van der Waals surface area contributed by atoms with Crippen molar-refractivity contribution in [1.29, 1.82) is 0 Å². The van der Waals surface area contributed by atoms with Crippen molar-refractivity contribution in [3.63, 3.8) is 0 Å². The van der Waals surface area contributed by atoms with Crippen LogP contribution in [0, 0.1) is 5.82 Å². The Kier molecular flexibility index (Phi) is 3.97. The Morgan fingerprint density at radius 2 is 1.85 bits per heavy atom. The van der Waals surface area contributed by atoms with Crippen LogP contribution in [0.1, 0.15) is 5.56 Å². The van der Waals surface area contributed by atoms with Gasteiger partial charge in [0.05, 0.1) is 6.42 Å². The zero-order chi connectivity index (χ0) is 18.1. The number of carbonyl (C=O) groups is 1. The van der Waals surface area contributed by atoms with Gasteiger partial charge in [-0.25, -0.2) is 9.37 Å². The van der Waals surface area contributed by atoms with Gasteiger partial charge >= 0.3 is 0 Å². The summed E-state index contributed by atoms with van der Waals surface area (Å²) in [7, 11) is 0. The maximum atomic E-state index is 13.5. The molecule has 2 aromatic carbocycles. The fourth-order valence-electron chi connectivity index (χ4n) is 3.12. The Morgan fingerprint density at radius 3 is 2.65 bits per heavy atom. The van der Waals surface area contributed by atoms with E-state index in [9.17, 15) is 9.18 Å². The Morgan fingerprint density at radius 1 is 1.04 bits per heavy atom. The summed E-state index contributed by atoms with van der Waals surface area (Å²) in [6.45, 7) is 0. The largest absolute Gasteiger partial charge is 0.369 e. The number of primary amides is 1. The molecule has 3 N–H and O–H groups in total. The molecule has 2 aromatic heterocycles. The minimum absolute atomic E-state index is 0.197. The van der Waals surface area contributed by atoms with Crippen LogP contribution >= 0.6 is 0 Å². The molecule has 1 amide bonds. The highest BCUT2D eigenvalue weighted by molar-refractivity contribution is 5.96. The molecule has 0 saturated heterocycles. The number of H-pyrrole nitrogens is 1. The van der Waals surface area contributed by atoms with Crippen LogP contribution in [-0.2, 0) is 11.2 Å². The highest BCUT2D eigenvalue weighted by Crippen LogP contribution is 2.31. The lowest BCUT2D eigenvalue weighted by atomic mass is 10.00. The molecule has 0 bridgehead atoms. The van der Waals surface area contributed by atoms with Gasteiger partial charge in [-0.05, 0) is 34.9 Å². The van der Waals surface area contributed by atoms with Crippen molar-refractivity contribution in [2.45, 2.75) is 6.42 Å². The van der Waals surface area contributed by atoms with Crippen LogP contribution in [-0.4, -0.2) is 15.9 Å². The van der Waals surface area contributed by atoms with Crippen LogP contribution in [0.5, 0.6) is 0 Å². The molecule has 5 heteroatoms. The molecule has 0 fully saturated rings. The van der Waals surface area contributed by atoms with E-state index in [-0.39, 0.29) is 18.1 Å². The molecule has 4 rings (SSSR count). The predicted octanol–water partition coefficient (Wildman–Crippen LogP) is 4.06. The van der Waals surface area contributed by atoms with Gasteiger partial charge in [0.15, 0.2) is 0 Å². The number of nitrogens with zero attached hydrogens (tertiary/aromatic N) is 1. The van der Waals surface area contributed by atoms with Crippen molar-refractivity contribution in [3.05, 3.63) is 78.4 Å². The van der Waals surface area contributed by atoms with Gasteiger partial charge in [-0.3, -0.25) is 4.79 Å². The third-order valence-corrected chi connectivity index (χ3v) is 4.31. The van der Waals surface area contributed by atoms with Gasteiger partial charge in [-0.1, -0.05) is 36.4 Å². The summed E-state index contributed by atoms with van der Waals surface area (Å²) in [5, 5.41) is 0.933. The minimum atomic E-state index is -0.365. The molecule has 2 heterocycles. The van der Waals surface area contributed by atoms with Crippen molar-refractivity contribution in [2.75, 3.05) is 0 Å². The van der Waals surface area contributed by atoms with E-state index >= 15 is 0 Å². The standard InChI is InChI=1S/C21H16FN3O/c22-17-6-2-4-14(9-17)16-10-18-19(12-25-21(18)24-11-16)15-5-1-3-13(7-15)8-20(23)26/h1-7,9-12H,8H2,(H2,23,26)(H,24,25). The van der Waals surface area contributed by atoms with Gasteiger partial charge in [0.2, 0.25) is 5.91 Å². The fraction of sp³-hybridized carbons (Fsp3) is 0.0476. The van der Waals surface area contributed by atoms with Gasteiger partial charge in [0.25, 0.3) is 0 Å². The average Bonchev–Trinajstić information content (AvgIpc) is 3.04. The number of aromatic amines is 1. The van der Waals surface area contributed by atoms with E-state index in [1.165, 1.54) is 12.1 Å². The Hall–Kier alpha value is -3.47. The zero-order valence-corrected chi connectivity index (χ0v) is 13.9. The van der Waals surface area contributed by atoms with Crippen molar-refractivity contribution in [2.24, 2.45) is 5.73 Å². The van der Waals surface area contributed by atoms with Gasteiger partial charge < -0.3 is 10.7 Å². The first-order valence-corrected chi connectivity index (χ1v) is 8.21. The van der Waals surface area contributed by atoms with E-state index in [1.54, 1.807) is 12.3 Å². The summed E-state index contributed by atoms with van der Waals surface area (Å²) in [6, 6.07) is 16.1. The molecule has 0 saturated carbocycles. The van der Waals surface area contributed by atoms with E-state index < -0.39 is 0 Å².